The van der Waals surface area contributed by atoms with Crippen molar-refractivity contribution in [3.63, 3.8) is 0 Å². The molecule has 1 N–H and O–H groups in total. The van der Waals surface area contributed by atoms with Crippen LogP contribution in [0, 0.1) is 5.82 Å². The van der Waals surface area contributed by atoms with E-state index in [9.17, 15) is 22.4 Å². The van der Waals surface area contributed by atoms with E-state index in [0.29, 0.717) is 30.9 Å². The van der Waals surface area contributed by atoms with E-state index in [-0.39, 0.29) is 36.1 Å². The minimum Gasteiger partial charge on any atom is -0.326 e. The number of sulfonamides is 1. The maximum absolute atomic E-state index is 13.4. The molecule has 30 heavy (non-hydrogen) atoms. The Kier molecular flexibility index (Phi) is 6.96. The van der Waals surface area contributed by atoms with E-state index in [1.807, 2.05) is 4.90 Å². The van der Waals surface area contributed by atoms with Gasteiger partial charge in [0.1, 0.15) is 5.82 Å². The molecule has 0 bridgehead atoms. The first-order valence-corrected chi connectivity index (χ1v) is 11.1. The van der Waals surface area contributed by atoms with Crippen molar-refractivity contribution in [1.29, 1.82) is 0 Å². The Morgan fingerprint density at radius 3 is 2.30 bits per heavy atom. The number of hydrogen-bond acceptors (Lipinski definition) is 5. The molecule has 0 radical (unpaired) electrons. The zero-order valence-electron chi connectivity index (χ0n) is 16.7. The Bertz CT molecular complexity index is 1020. The van der Waals surface area contributed by atoms with Gasteiger partial charge in [-0.05, 0) is 49.4 Å². The highest BCUT2D eigenvalue weighted by atomic mass is 32.2. The molecule has 0 aliphatic carbocycles. The standard InChI is InChI=1S/C21H24FN3O4S/c1-16(26)17-5-7-19(8-6-17)23-21(27)9-10-24-11-13-25(14-12-24)30(28,29)20-4-2-3-18(22)15-20/h2-8,15H,9-14H2,1H3,(H,23,27). The van der Waals surface area contributed by atoms with Gasteiger partial charge in [0.15, 0.2) is 5.78 Å². The van der Waals surface area contributed by atoms with Gasteiger partial charge in [0.25, 0.3) is 0 Å². The summed E-state index contributed by atoms with van der Waals surface area (Å²) in [5, 5.41) is 2.79. The predicted octanol–water partition coefficient (Wildman–Crippen LogP) is 2.36. The lowest BCUT2D eigenvalue weighted by atomic mass is 10.1. The van der Waals surface area contributed by atoms with Crippen molar-refractivity contribution < 1.29 is 22.4 Å². The van der Waals surface area contributed by atoms with E-state index in [4.69, 9.17) is 0 Å². The SMILES string of the molecule is CC(=O)c1ccc(NC(=O)CCN2CCN(S(=O)(=O)c3cccc(F)c3)CC2)cc1. The Hall–Kier alpha value is -2.62. The van der Waals surface area contributed by atoms with Gasteiger partial charge in [-0.1, -0.05) is 6.07 Å². The molecule has 160 valence electrons. The molecular weight excluding hydrogens is 409 g/mol. The van der Waals surface area contributed by atoms with Gasteiger partial charge >= 0.3 is 0 Å². The van der Waals surface area contributed by atoms with Gasteiger partial charge in [-0.3, -0.25) is 9.59 Å². The normalized spacial score (nSPS) is 15.7. The molecule has 3 rings (SSSR count). The lowest BCUT2D eigenvalue weighted by Crippen LogP contribution is -2.49. The lowest BCUT2D eigenvalue weighted by molar-refractivity contribution is -0.116. The topological polar surface area (TPSA) is 86.8 Å². The number of ketones is 1. The molecule has 0 spiro atoms. The summed E-state index contributed by atoms with van der Waals surface area (Å²) in [5.41, 5.74) is 1.20. The molecule has 0 unspecified atom stereocenters. The molecule has 1 fully saturated rings. The van der Waals surface area contributed by atoms with Crippen LogP contribution in [0.2, 0.25) is 0 Å². The number of amides is 1. The van der Waals surface area contributed by atoms with E-state index in [1.54, 1.807) is 24.3 Å². The van der Waals surface area contributed by atoms with Crippen LogP contribution in [-0.2, 0) is 14.8 Å². The Morgan fingerprint density at radius 1 is 1.03 bits per heavy atom. The summed E-state index contributed by atoms with van der Waals surface area (Å²) in [5.74, 6) is -0.775. The molecule has 7 nitrogen and oxygen atoms in total. The third-order valence-corrected chi connectivity index (χ3v) is 6.89. The zero-order valence-corrected chi connectivity index (χ0v) is 17.5. The van der Waals surface area contributed by atoms with Crippen molar-refractivity contribution >= 4 is 27.4 Å². The number of Topliss-reactive ketones (excluding diaryl/α,β-unsaturated/α-hetero) is 1. The summed E-state index contributed by atoms with van der Waals surface area (Å²) in [6.07, 6.45) is 0.269. The number of carbonyl (C=O) groups is 2. The van der Waals surface area contributed by atoms with Gasteiger partial charge in [-0.25, -0.2) is 12.8 Å². The van der Waals surface area contributed by atoms with Crippen molar-refractivity contribution in [1.82, 2.24) is 9.21 Å². The van der Waals surface area contributed by atoms with Crippen LogP contribution in [0.3, 0.4) is 0 Å². The summed E-state index contributed by atoms with van der Waals surface area (Å²) < 4.78 is 40.0. The molecule has 1 aliphatic rings. The van der Waals surface area contributed by atoms with E-state index >= 15 is 0 Å². The number of piperazine rings is 1. The van der Waals surface area contributed by atoms with Crippen molar-refractivity contribution in [2.24, 2.45) is 0 Å². The maximum Gasteiger partial charge on any atom is 0.243 e. The average molecular weight is 434 g/mol. The van der Waals surface area contributed by atoms with Crippen LogP contribution < -0.4 is 5.32 Å². The van der Waals surface area contributed by atoms with Crippen LogP contribution in [-0.4, -0.2) is 62.0 Å². The first kappa shape index (κ1) is 22.1. The number of hydrogen-bond donors (Lipinski definition) is 1. The quantitative estimate of drug-likeness (QED) is 0.678. The molecular formula is C21H24FN3O4S. The zero-order chi connectivity index (χ0) is 21.7. The van der Waals surface area contributed by atoms with Crippen molar-refractivity contribution in [2.75, 3.05) is 38.0 Å². The summed E-state index contributed by atoms with van der Waals surface area (Å²) in [7, 11) is -3.73. The number of nitrogens with zero attached hydrogens (tertiary/aromatic N) is 2. The monoisotopic (exact) mass is 433 g/mol. The smallest absolute Gasteiger partial charge is 0.243 e. The fraction of sp³-hybridized carbons (Fsp3) is 0.333. The summed E-state index contributed by atoms with van der Waals surface area (Å²) >= 11 is 0. The molecule has 1 aliphatic heterocycles. The first-order chi connectivity index (χ1) is 14.3. The fourth-order valence-electron chi connectivity index (χ4n) is 3.24. The second-order valence-electron chi connectivity index (χ2n) is 7.13. The fourth-order valence-corrected chi connectivity index (χ4v) is 4.70. The molecule has 0 saturated carbocycles. The number of benzene rings is 2. The van der Waals surface area contributed by atoms with Crippen LogP contribution >= 0.6 is 0 Å². The minimum absolute atomic E-state index is 0.0357. The van der Waals surface area contributed by atoms with Crippen molar-refractivity contribution in [3.8, 4) is 0 Å². The Morgan fingerprint density at radius 2 is 1.70 bits per heavy atom. The first-order valence-electron chi connectivity index (χ1n) is 9.64. The average Bonchev–Trinajstić information content (AvgIpc) is 2.73. The third kappa shape index (κ3) is 5.50. The Labute approximate surface area is 175 Å². The van der Waals surface area contributed by atoms with Gasteiger partial charge in [-0.15, -0.1) is 0 Å². The Balaban J connectivity index is 1.46. The van der Waals surface area contributed by atoms with Crippen LogP contribution in [0.5, 0.6) is 0 Å². The largest absolute Gasteiger partial charge is 0.326 e. The molecule has 2 aromatic carbocycles. The van der Waals surface area contributed by atoms with E-state index < -0.39 is 15.8 Å². The van der Waals surface area contributed by atoms with Gasteiger partial charge in [-0.2, -0.15) is 4.31 Å². The molecule has 0 aromatic heterocycles. The van der Waals surface area contributed by atoms with Crippen LogP contribution in [0.25, 0.3) is 0 Å². The number of halogens is 1. The van der Waals surface area contributed by atoms with Gasteiger partial charge in [0.05, 0.1) is 4.90 Å². The van der Waals surface area contributed by atoms with Crippen LogP contribution in [0.1, 0.15) is 23.7 Å². The number of carbonyl (C=O) groups excluding carboxylic acids is 2. The molecule has 1 heterocycles. The van der Waals surface area contributed by atoms with E-state index in [0.717, 1.165) is 6.07 Å². The van der Waals surface area contributed by atoms with Crippen LogP contribution in [0.4, 0.5) is 10.1 Å². The highest BCUT2D eigenvalue weighted by Crippen LogP contribution is 2.18. The number of nitrogens with one attached hydrogen (secondary N) is 1. The summed E-state index contributed by atoms with van der Waals surface area (Å²) in [6, 6.07) is 11.7. The molecule has 0 atom stereocenters. The molecule has 1 saturated heterocycles. The minimum atomic E-state index is -3.73. The maximum atomic E-state index is 13.4. The lowest BCUT2D eigenvalue weighted by Gasteiger charge is -2.33. The summed E-state index contributed by atoms with van der Waals surface area (Å²) in [4.78, 5) is 25.4. The highest BCUT2D eigenvalue weighted by Gasteiger charge is 2.28. The van der Waals surface area contributed by atoms with Gasteiger partial charge < -0.3 is 10.2 Å². The predicted molar refractivity (Wildman–Crippen MR) is 111 cm³/mol. The van der Waals surface area contributed by atoms with E-state index in [1.165, 1.54) is 29.4 Å². The molecule has 2 aromatic rings. The van der Waals surface area contributed by atoms with E-state index in [2.05, 4.69) is 5.32 Å². The van der Waals surface area contributed by atoms with Gasteiger partial charge in [0, 0.05) is 50.4 Å². The number of rotatable bonds is 7. The highest BCUT2D eigenvalue weighted by molar-refractivity contribution is 7.89. The van der Waals surface area contributed by atoms with Crippen LogP contribution in [0.15, 0.2) is 53.4 Å². The van der Waals surface area contributed by atoms with Gasteiger partial charge in [0.2, 0.25) is 15.9 Å². The second kappa shape index (κ2) is 9.46. The van der Waals surface area contributed by atoms with Crippen molar-refractivity contribution in [3.05, 3.63) is 59.9 Å². The molecule has 9 heteroatoms. The number of anilines is 1. The third-order valence-electron chi connectivity index (χ3n) is 5.00. The molecule has 1 amide bonds. The van der Waals surface area contributed by atoms with Crippen molar-refractivity contribution in [2.45, 2.75) is 18.2 Å². The summed E-state index contributed by atoms with van der Waals surface area (Å²) in [6.45, 7) is 3.55. The second-order valence-corrected chi connectivity index (χ2v) is 9.07.